The molecule has 4 rings (SSSR count). The number of aryl methyl sites for hydroxylation is 1. The predicted octanol–water partition coefficient (Wildman–Crippen LogP) is 3.37. The van der Waals surface area contributed by atoms with E-state index in [9.17, 15) is 4.79 Å². The highest BCUT2D eigenvalue weighted by Gasteiger charge is 2.25. The van der Waals surface area contributed by atoms with Gasteiger partial charge in [0.05, 0.1) is 10.9 Å². The van der Waals surface area contributed by atoms with Crippen LogP contribution in [0.4, 0.5) is 5.82 Å². The molecule has 0 aromatic carbocycles. The lowest BCUT2D eigenvalue weighted by Crippen LogP contribution is -2.30. The zero-order valence-corrected chi connectivity index (χ0v) is 16.6. The number of hydrogen-bond acceptors (Lipinski definition) is 7. The summed E-state index contributed by atoms with van der Waals surface area (Å²) in [4.78, 5) is 20.3. The molecule has 0 atom stereocenters. The third-order valence-corrected chi connectivity index (χ3v) is 6.36. The lowest BCUT2D eigenvalue weighted by atomic mass is 9.97. The van der Waals surface area contributed by atoms with E-state index in [-0.39, 0.29) is 0 Å². The van der Waals surface area contributed by atoms with Gasteiger partial charge < -0.3 is 10.6 Å². The number of fused-ring (bicyclic) bond motifs is 3. The van der Waals surface area contributed by atoms with E-state index in [1.54, 1.807) is 0 Å². The topological polar surface area (TPSA) is 97.9 Å². The Morgan fingerprint density at radius 1 is 1.22 bits per heavy atom. The first-order valence-electron chi connectivity index (χ1n) is 9.61. The van der Waals surface area contributed by atoms with Gasteiger partial charge in [-0.1, -0.05) is 13.3 Å². The Kier molecular flexibility index (Phi) is 4.90. The van der Waals surface area contributed by atoms with Gasteiger partial charge in [0.15, 0.2) is 5.82 Å². The second kappa shape index (κ2) is 7.34. The van der Waals surface area contributed by atoms with E-state index in [0.717, 1.165) is 77.2 Å². The highest BCUT2D eigenvalue weighted by molar-refractivity contribution is 7.26. The third-order valence-electron chi connectivity index (χ3n) is 5.29. The Bertz CT molecular complexity index is 1010. The highest BCUT2D eigenvalue weighted by atomic mass is 32.1. The van der Waals surface area contributed by atoms with Crippen LogP contribution in [-0.4, -0.2) is 39.4 Å². The van der Waals surface area contributed by atoms with Crippen LogP contribution in [-0.2, 0) is 6.42 Å². The van der Waals surface area contributed by atoms with Crippen molar-refractivity contribution < 1.29 is 4.79 Å². The van der Waals surface area contributed by atoms with E-state index in [0.29, 0.717) is 11.1 Å². The van der Waals surface area contributed by atoms with Crippen molar-refractivity contribution in [3.05, 3.63) is 16.8 Å². The van der Waals surface area contributed by atoms with Gasteiger partial charge in [0, 0.05) is 18.8 Å². The molecule has 1 aliphatic rings. The lowest BCUT2D eigenvalue weighted by molar-refractivity contribution is 0.100. The lowest BCUT2D eigenvalue weighted by Gasteiger charge is -2.27. The summed E-state index contributed by atoms with van der Waals surface area (Å²) >= 11 is 1.53. The van der Waals surface area contributed by atoms with Gasteiger partial charge in [-0.3, -0.25) is 4.79 Å². The number of piperidine rings is 1. The standard InChI is InChI=1S/C19H24N6OS/c1-3-4-8-12-11(2)21-19-14(13(12)17(20)26)15-16(27-19)18(23-24-22-15)25-9-6-5-7-10-25/h3-10H2,1-2H3,(H2,20,26). The zero-order valence-electron chi connectivity index (χ0n) is 15.8. The zero-order chi connectivity index (χ0) is 19.0. The smallest absolute Gasteiger partial charge is 0.249 e. The van der Waals surface area contributed by atoms with Crippen molar-refractivity contribution in [2.45, 2.75) is 52.4 Å². The number of pyridine rings is 1. The summed E-state index contributed by atoms with van der Waals surface area (Å²) in [6, 6.07) is 0. The monoisotopic (exact) mass is 384 g/mol. The highest BCUT2D eigenvalue weighted by Crippen LogP contribution is 2.39. The summed E-state index contributed by atoms with van der Waals surface area (Å²) in [5.41, 5.74) is 8.88. The number of aromatic nitrogens is 4. The van der Waals surface area contributed by atoms with Gasteiger partial charge >= 0.3 is 0 Å². The van der Waals surface area contributed by atoms with E-state index < -0.39 is 5.91 Å². The van der Waals surface area contributed by atoms with Gasteiger partial charge in [-0.15, -0.1) is 21.5 Å². The number of thiophene rings is 1. The number of carbonyl (C=O) groups is 1. The van der Waals surface area contributed by atoms with Crippen LogP contribution >= 0.6 is 11.3 Å². The van der Waals surface area contributed by atoms with Gasteiger partial charge in [0.1, 0.15) is 15.0 Å². The molecule has 0 aliphatic carbocycles. The molecule has 1 saturated heterocycles. The number of carbonyl (C=O) groups excluding carboxylic acids is 1. The number of nitrogens with two attached hydrogens (primary N) is 1. The molecule has 3 aromatic rings. The van der Waals surface area contributed by atoms with Gasteiger partial charge in [0.2, 0.25) is 5.91 Å². The SMILES string of the molecule is CCCCc1c(C)nc2sc3c(N4CCCCC4)nnnc3c2c1C(N)=O. The normalized spacial score (nSPS) is 15.0. The number of nitrogens with zero attached hydrogens (tertiary/aromatic N) is 5. The molecule has 2 N–H and O–H groups in total. The summed E-state index contributed by atoms with van der Waals surface area (Å²) in [7, 11) is 0. The Morgan fingerprint density at radius 3 is 2.70 bits per heavy atom. The minimum Gasteiger partial charge on any atom is -0.366 e. The molecule has 1 amide bonds. The molecule has 0 unspecified atom stereocenters. The summed E-state index contributed by atoms with van der Waals surface area (Å²) in [6.45, 7) is 6.03. The van der Waals surface area contributed by atoms with Crippen LogP contribution in [0.1, 0.15) is 60.6 Å². The average Bonchev–Trinajstić information content (AvgIpc) is 3.04. The third kappa shape index (κ3) is 3.12. The minimum atomic E-state index is -0.422. The van der Waals surface area contributed by atoms with E-state index >= 15 is 0 Å². The summed E-state index contributed by atoms with van der Waals surface area (Å²) in [5, 5.41) is 13.4. The van der Waals surface area contributed by atoms with E-state index in [2.05, 4.69) is 27.2 Å². The molecule has 27 heavy (non-hydrogen) atoms. The van der Waals surface area contributed by atoms with Crippen molar-refractivity contribution in [2.24, 2.45) is 5.73 Å². The maximum atomic E-state index is 12.4. The van der Waals surface area contributed by atoms with E-state index in [1.807, 2.05) is 6.92 Å². The molecule has 7 nitrogen and oxygen atoms in total. The molecular formula is C19H24N6OS. The van der Waals surface area contributed by atoms with Gasteiger partial charge in [-0.2, -0.15) is 0 Å². The largest absolute Gasteiger partial charge is 0.366 e. The molecule has 8 heteroatoms. The number of primary amides is 1. The second-order valence-electron chi connectivity index (χ2n) is 7.14. The van der Waals surface area contributed by atoms with Crippen molar-refractivity contribution in [3.63, 3.8) is 0 Å². The van der Waals surface area contributed by atoms with Crippen molar-refractivity contribution in [1.29, 1.82) is 0 Å². The van der Waals surface area contributed by atoms with E-state index in [1.165, 1.54) is 17.8 Å². The number of hydrogen-bond donors (Lipinski definition) is 1. The molecule has 4 heterocycles. The van der Waals surface area contributed by atoms with Crippen LogP contribution in [0.15, 0.2) is 0 Å². The maximum absolute atomic E-state index is 12.4. The van der Waals surface area contributed by atoms with Gasteiger partial charge in [-0.05, 0) is 49.8 Å². The number of unbranched alkanes of at least 4 members (excludes halogenated alkanes) is 1. The van der Waals surface area contributed by atoms with Crippen molar-refractivity contribution in [3.8, 4) is 0 Å². The molecule has 3 aromatic heterocycles. The Labute approximate surface area is 162 Å². The van der Waals surface area contributed by atoms with Crippen LogP contribution in [0.25, 0.3) is 20.4 Å². The quantitative estimate of drug-likeness (QED) is 0.724. The molecule has 0 saturated carbocycles. The van der Waals surface area contributed by atoms with E-state index in [4.69, 9.17) is 10.7 Å². The van der Waals surface area contributed by atoms with Crippen molar-refractivity contribution in [1.82, 2.24) is 20.4 Å². The fourth-order valence-corrected chi connectivity index (χ4v) is 5.09. The number of anilines is 1. The van der Waals surface area contributed by atoms with Gasteiger partial charge in [-0.25, -0.2) is 4.98 Å². The first-order chi connectivity index (χ1) is 13.1. The van der Waals surface area contributed by atoms with Crippen LogP contribution in [0.3, 0.4) is 0 Å². The first-order valence-corrected chi connectivity index (χ1v) is 10.4. The average molecular weight is 385 g/mol. The van der Waals surface area contributed by atoms with Crippen LogP contribution in [0, 0.1) is 6.92 Å². The molecule has 1 fully saturated rings. The summed E-state index contributed by atoms with van der Waals surface area (Å²) in [5.74, 6) is 0.431. The fourth-order valence-electron chi connectivity index (χ4n) is 3.91. The van der Waals surface area contributed by atoms with Crippen LogP contribution in [0.2, 0.25) is 0 Å². The molecular weight excluding hydrogens is 360 g/mol. The Balaban J connectivity index is 1.98. The summed E-state index contributed by atoms with van der Waals surface area (Å²) < 4.78 is 0.948. The van der Waals surface area contributed by atoms with Crippen LogP contribution < -0.4 is 10.6 Å². The van der Waals surface area contributed by atoms with Crippen molar-refractivity contribution in [2.75, 3.05) is 18.0 Å². The molecule has 0 bridgehead atoms. The number of amides is 1. The molecule has 1 aliphatic heterocycles. The molecule has 0 radical (unpaired) electrons. The minimum absolute atomic E-state index is 0.422. The summed E-state index contributed by atoms with van der Waals surface area (Å²) in [6.07, 6.45) is 6.38. The van der Waals surface area contributed by atoms with Crippen molar-refractivity contribution >= 4 is 43.5 Å². The van der Waals surface area contributed by atoms with Crippen LogP contribution in [0.5, 0.6) is 0 Å². The maximum Gasteiger partial charge on any atom is 0.249 e. The second-order valence-corrected chi connectivity index (χ2v) is 8.14. The molecule has 0 spiro atoms. The van der Waals surface area contributed by atoms with Gasteiger partial charge in [0.25, 0.3) is 0 Å². The predicted molar refractivity (Wildman–Crippen MR) is 108 cm³/mol. The molecule has 142 valence electrons. The number of rotatable bonds is 5. The first kappa shape index (κ1) is 18.0. The Hall–Kier alpha value is -2.35. The Morgan fingerprint density at radius 2 is 2.00 bits per heavy atom. The fraction of sp³-hybridized carbons (Fsp3) is 0.526.